The van der Waals surface area contributed by atoms with Crippen molar-refractivity contribution in [2.24, 2.45) is 0 Å². The van der Waals surface area contributed by atoms with Gasteiger partial charge in [-0.3, -0.25) is 4.79 Å². The van der Waals surface area contributed by atoms with Crippen molar-refractivity contribution < 1.29 is 9.53 Å². The van der Waals surface area contributed by atoms with Crippen LogP contribution in [0.4, 0.5) is 0 Å². The summed E-state index contributed by atoms with van der Waals surface area (Å²) in [6.07, 6.45) is 5.39. The van der Waals surface area contributed by atoms with Gasteiger partial charge in [0.05, 0.1) is 12.4 Å². The standard InChI is InChI=1S/C23H21N3O2/c1-17(18-6-9-21(10-7-18)26-13-12-24-16-26)25-23(27)15-28-22-11-8-19-4-2-3-5-20(19)14-22/h2-14,16-17H,15H2,1H3,(H,25,27)/t17-/m0/s1. The van der Waals surface area contributed by atoms with Crippen molar-refractivity contribution in [3.05, 3.63) is 91.0 Å². The van der Waals surface area contributed by atoms with Crippen LogP contribution in [0.5, 0.6) is 5.75 Å². The van der Waals surface area contributed by atoms with E-state index in [4.69, 9.17) is 4.74 Å². The topological polar surface area (TPSA) is 56.1 Å². The lowest BCUT2D eigenvalue weighted by atomic mass is 10.1. The third kappa shape index (κ3) is 4.04. The van der Waals surface area contributed by atoms with Gasteiger partial charge < -0.3 is 14.6 Å². The van der Waals surface area contributed by atoms with E-state index in [0.29, 0.717) is 5.75 Å². The summed E-state index contributed by atoms with van der Waals surface area (Å²) >= 11 is 0. The Labute approximate surface area is 163 Å². The van der Waals surface area contributed by atoms with E-state index in [1.165, 1.54) is 0 Å². The van der Waals surface area contributed by atoms with Crippen LogP contribution in [0.25, 0.3) is 16.5 Å². The molecule has 0 unspecified atom stereocenters. The van der Waals surface area contributed by atoms with Gasteiger partial charge in [-0.25, -0.2) is 4.98 Å². The molecule has 0 saturated heterocycles. The zero-order valence-corrected chi connectivity index (χ0v) is 15.6. The van der Waals surface area contributed by atoms with Crippen molar-refractivity contribution in [2.45, 2.75) is 13.0 Å². The predicted molar refractivity (Wildman–Crippen MR) is 110 cm³/mol. The molecule has 1 aromatic heterocycles. The fourth-order valence-corrected chi connectivity index (χ4v) is 3.12. The molecule has 4 rings (SSSR count). The lowest BCUT2D eigenvalue weighted by Crippen LogP contribution is -2.31. The summed E-state index contributed by atoms with van der Waals surface area (Å²) in [4.78, 5) is 16.3. The van der Waals surface area contributed by atoms with E-state index >= 15 is 0 Å². The first-order valence-electron chi connectivity index (χ1n) is 9.18. The van der Waals surface area contributed by atoms with E-state index in [1.807, 2.05) is 84.4 Å². The van der Waals surface area contributed by atoms with Crippen LogP contribution < -0.4 is 10.1 Å². The Morgan fingerprint density at radius 1 is 1.07 bits per heavy atom. The fourth-order valence-electron chi connectivity index (χ4n) is 3.12. The highest BCUT2D eigenvalue weighted by Crippen LogP contribution is 2.20. The summed E-state index contributed by atoms with van der Waals surface area (Å²) in [5.74, 6) is 0.533. The summed E-state index contributed by atoms with van der Waals surface area (Å²) in [6.45, 7) is 1.94. The zero-order chi connectivity index (χ0) is 19.3. The lowest BCUT2D eigenvalue weighted by Gasteiger charge is -2.15. The van der Waals surface area contributed by atoms with Crippen LogP contribution in [-0.2, 0) is 4.79 Å². The van der Waals surface area contributed by atoms with Gasteiger partial charge in [0.2, 0.25) is 0 Å². The molecule has 1 heterocycles. The third-order valence-electron chi connectivity index (χ3n) is 4.66. The summed E-state index contributed by atoms with van der Waals surface area (Å²) in [6, 6.07) is 21.8. The van der Waals surface area contributed by atoms with Gasteiger partial charge in [0.15, 0.2) is 6.61 Å². The Morgan fingerprint density at radius 2 is 1.86 bits per heavy atom. The number of hydrogen-bond acceptors (Lipinski definition) is 3. The maximum absolute atomic E-state index is 12.3. The molecule has 1 N–H and O–H groups in total. The summed E-state index contributed by atoms with van der Waals surface area (Å²) in [7, 11) is 0. The van der Waals surface area contributed by atoms with E-state index in [-0.39, 0.29) is 18.6 Å². The van der Waals surface area contributed by atoms with Crippen LogP contribution in [0.1, 0.15) is 18.5 Å². The van der Waals surface area contributed by atoms with Gasteiger partial charge in [0.1, 0.15) is 5.75 Å². The molecule has 3 aromatic carbocycles. The first-order valence-corrected chi connectivity index (χ1v) is 9.18. The van der Waals surface area contributed by atoms with Crippen LogP contribution in [0.15, 0.2) is 85.5 Å². The average molecular weight is 371 g/mol. The Morgan fingerprint density at radius 3 is 2.61 bits per heavy atom. The molecule has 4 aromatic rings. The molecule has 140 valence electrons. The quantitative estimate of drug-likeness (QED) is 0.550. The SMILES string of the molecule is C[C@H](NC(=O)COc1ccc2ccccc2c1)c1ccc(-n2ccnc2)cc1. The van der Waals surface area contributed by atoms with E-state index in [9.17, 15) is 4.79 Å². The number of nitrogens with zero attached hydrogens (tertiary/aromatic N) is 2. The molecule has 0 aliphatic rings. The number of fused-ring (bicyclic) bond motifs is 1. The van der Waals surface area contributed by atoms with Gasteiger partial charge in [-0.15, -0.1) is 0 Å². The van der Waals surface area contributed by atoms with Crippen molar-refractivity contribution in [1.82, 2.24) is 14.9 Å². The summed E-state index contributed by atoms with van der Waals surface area (Å²) in [5, 5.41) is 5.21. The van der Waals surface area contributed by atoms with E-state index in [2.05, 4.69) is 10.3 Å². The minimum absolute atomic E-state index is 0.0181. The third-order valence-corrected chi connectivity index (χ3v) is 4.66. The van der Waals surface area contributed by atoms with Crippen molar-refractivity contribution in [3.63, 3.8) is 0 Å². The number of carbonyl (C=O) groups is 1. The minimum Gasteiger partial charge on any atom is -0.484 e. The molecule has 0 spiro atoms. The Bertz CT molecular complexity index is 1070. The molecule has 0 bridgehead atoms. The summed E-state index contributed by atoms with van der Waals surface area (Å²) in [5.41, 5.74) is 2.06. The number of ether oxygens (including phenoxy) is 1. The van der Waals surface area contributed by atoms with Gasteiger partial charge in [-0.05, 0) is 47.5 Å². The number of amides is 1. The van der Waals surface area contributed by atoms with Crippen LogP contribution in [0, 0.1) is 0 Å². The molecular weight excluding hydrogens is 350 g/mol. The molecule has 0 fully saturated rings. The highest BCUT2D eigenvalue weighted by Gasteiger charge is 2.10. The van der Waals surface area contributed by atoms with Crippen molar-refractivity contribution in [2.75, 3.05) is 6.61 Å². The maximum Gasteiger partial charge on any atom is 0.258 e. The van der Waals surface area contributed by atoms with Crippen molar-refractivity contribution in [3.8, 4) is 11.4 Å². The highest BCUT2D eigenvalue weighted by molar-refractivity contribution is 5.84. The fraction of sp³-hybridized carbons (Fsp3) is 0.130. The number of rotatable bonds is 6. The number of imidazole rings is 1. The van der Waals surface area contributed by atoms with Gasteiger partial charge in [-0.1, -0.05) is 42.5 Å². The van der Waals surface area contributed by atoms with Gasteiger partial charge in [0.25, 0.3) is 5.91 Å². The largest absolute Gasteiger partial charge is 0.484 e. The molecule has 0 aliphatic heterocycles. The number of benzene rings is 3. The van der Waals surface area contributed by atoms with Crippen molar-refractivity contribution >= 4 is 16.7 Å². The Kier molecular flexibility index (Phi) is 5.06. The van der Waals surface area contributed by atoms with Crippen LogP contribution in [0.2, 0.25) is 0 Å². The number of hydrogen-bond donors (Lipinski definition) is 1. The average Bonchev–Trinajstić information content (AvgIpc) is 3.27. The van der Waals surface area contributed by atoms with Gasteiger partial charge >= 0.3 is 0 Å². The summed E-state index contributed by atoms with van der Waals surface area (Å²) < 4.78 is 7.59. The molecular formula is C23H21N3O2. The molecule has 0 saturated carbocycles. The Hall–Kier alpha value is -3.60. The monoisotopic (exact) mass is 371 g/mol. The first-order chi connectivity index (χ1) is 13.7. The normalized spacial score (nSPS) is 11.9. The van der Waals surface area contributed by atoms with Crippen LogP contribution in [-0.4, -0.2) is 22.1 Å². The van der Waals surface area contributed by atoms with Gasteiger partial charge in [-0.2, -0.15) is 0 Å². The van der Waals surface area contributed by atoms with E-state index < -0.39 is 0 Å². The number of carbonyl (C=O) groups excluding carboxylic acids is 1. The van der Waals surface area contributed by atoms with Gasteiger partial charge in [0, 0.05) is 18.1 Å². The number of aromatic nitrogens is 2. The van der Waals surface area contributed by atoms with E-state index in [0.717, 1.165) is 22.0 Å². The zero-order valence-electron chi connectivity index (χ0n) is 15.6. The lowest BCUT2D eigenvalue weighted by molar-refractivity contribution is -0.123. The van der Waals surface area contributed by atoms with Crippen molar-refractivity contribution in [1.29, 1.82) is 0 Å². The molecule has 1 atom stereocenters. The van der Waals surface area contributed by atoms with Crippen LogP contribution in [0.3, 0.4) is 0 Å². The highest BCUT2D eigenvalue weighted by atomic mass is 16.5. The molecule has 28 heavy (non-hydrogen) atoms. The Balaban J connectivity index is 1.33. The first kappa shape index (κ1) is 17.8. The maximum atomic E-state index is 12.3. The predicted octanol–water partition coefficient (Wildman–Crippen LogP) is 4.28. The molecule has 5 heteroatoms. The van der Waals surface area contributed by atoms with Crippen LogP contribution >= 0.6 is 0 Å². The second-order valence-corrected chi connectivity index (χ2v) is 6.65. The second-order valence-electron chi connectivity index (χ2n) is 6.65. The smallest absolute Gasteiger partial charge is 0.258 e. The molecule has 0 radical (unpaired) electrons. The minimum atomic E-state index is -0.153. The second kappa shape index (κ2) is 7.96. The molecule has 0 aliphatic carbocycles. The molecule has 5 nitrogen and oxygen atoms in total. The molecule has 1 amide bonds. The number of nitrogens with one attached hydrogen (secondary N) is 1. The van der Waals surface area contributed by atoms with E-state index in [1.54, 1.807) is 12.5 Å².